The Morgan fingerprint density at radius 2 is 0.742 bits per heavy atom. The SMILES string of the molecule is c1ccc(N(c2ccccc2)c2ccc3c(c2)C2(c4ccccc4N(c4ccccc4)c4ccccc42)c2cc(N(c4ccccc4)c4ccccc4)c4ccccc4c2-3)cc1. The van der Waals surface area contributed by atoms with Crippen molar-refractivity contribution in [3.8, 4) is 11.1 Å². The van der Waals surface area contributed by atoms with Crippen LogP contribution in [0.3, 0.4) is 0 Å². The third-order valence-corrected chi connectivity index (χ3v) is 12.8. The average molecular weight is 792 g/mol. The van der Waals surface area contributed by atoms with E-state index >= 15 is 0 Å². The molecule has 1 spiro atoms. The highest BCUT2D eigenvalue weighted by Gasteiger charge is 2.53. The predicted molar refractivity (Wildman–Crippen MR) is 259 cm³/mol. The summed E-state index contributed by atoms with van der Waals surface area (Å²) < 4.78 is 0. The van der Waals surface area contributed by atoms with Gasteiger partial charge in [0.15, 0.2) is 0 Å². The normalized spacial score (nSPS) is 12.9. The summed E-state index contributed by atoms with van der Waals surface area (Å²) in [5, 5.41) is 2.43. The van der Waals surface area contributed by atoms with E-state index in [-0.39, 0.29) is 0 Å². The van der Waals surface area contributed by atoms with Crippen LogP contribution < -0.4 is 14.7 Å². The number of fused-ring (bicyclic) bond motifs is 11. The van der Waals surface area contributed by atoms with Crippen LogP contribution in [0.25, 0.3) is 21.9 Å². The monoisotopic (exact) mass is 791 g/mol. The van der Waals surface area contributed by atoms with Crippen molar-refractivity contribution in [2.75, 3.05) is 14.7 Å². The van der Waals surface area contributed by atoms with Gasteiger partial charge in [0, 0.05) is 39.5 Å². The first-order valence-electron chi connectivity index (χ1n) is 21.4. The first-order chi connectivity index (χ1) is 30.8. The topological polar surface area (TPSA) is 9.72 Å². The maximum absolute atomic E-state index is 2.52. The molecule has 0 bridgehead atoms. The van der Waals surface area contributed by atoms with Crippen molar-refractivity contribution in [2.45, 2.75) is 5.41 Å². The Morgan fingerprint density at radius 3 is 1.27 bits per heavy atom. The molecule has 0 amide bonds. The molecule has 3 heteroatoms. The van der Waals surface area contributed by atoms with E-state index in [2.05, 4.69) is 263 Å². The lowest BCUT2D eigenvalue weighted by Crippen LogP contribution is -2.36. The molecule has 1 aliphatic carbocycles. The molecule has 12 rings (SSSR count). The Kier molecular flexibility index (Phi) is 8.39. The van der Waals surface area contributed by atoms with Crippen molar-refractivity contribution < 1.29 is 0 Å². The van der Waals surface area contributed by atoms with Crippen molar-refractivity contribution in [3.63, 3.8) is 0 Å². The second-order valence-electron chi connectivity index (χ2n) is 16.1. The summed E-state index contributed by atoms with van der Waals surface area (Å²) in [6.07, 6.45) is 0. The largest absolute Gasteiger partial charge is 0.310 e. The van der Waals surface area contributed by atoms with Gasteiger partial charge in [0.25, 0.3) is 0 Å². The van der Waals surface area contributed by atoms with E-state index in [9.17, 15) is 0 Å². The molecule has 10 aromatic carbocycles. The number of anilines is 9. The summed E-state index contributed by atoms with van der Waals surface area (Å²) in [5.74, 6) is 0. The van der Waals surface area contributed by atoms with Gasteiger partial charge in [0.1, 0.15) is 0 Å². The predicted octanol–water partition coefficient (Wildman–Crippen LogP) is 15.9. The van der Waals surface area contributed by atoms with Crippen molar-refractivity contribution in [1.29, 1.82) is 0 Å². The third-order valence-electron chi connectivity index (χ3n) is 12.8. The van der Waals surface area contributed by atoms with Gasteiger partial charge in [0.05, 0.1) is 22.5 Å². The molecule has 62 heavy (non-hydrogen) atoms. The number of nitrogens with zero attached hydrogens (tertiary/aromatic N) is 3. The highest BCUT2D eigenvalue weighted by Crippen LogP contribution is 2.66. The highest BCUT2D eigenvalue weighted by molar-refractivity contribution is 6.12. The van der Waals surface area contributed by atoms with Gasteiger partial charge in [-0.15, -0.1) is 0 Å². The van der Waals surface area contributed by atoms with Crippen molar-refractivity contribution in [1.82, 2.24) is 0 Å². The van der Waals surface area contributed by atoms with Crippen LogP contribution in [0, 0.1) is 0 Å². The Hall–Kier alpha value is -8.14. The molecule has 1 aliphatic heterocycles. The molecule has 0 atom stereocenters. The first kappa shape index (κ1) is 35.8. The minimum atomic E-state index is -0.698. The standard InChI is InChI=1S/C59H41N3/c1-6-22-42(23-7-1)60(43-24-8-2-9-25-43)47-38-39-50-53(40-47)59(51-34-18-20-36-55(51)62(46-30-14-5-15-31-46)56-37-21-19-35-52(56)59)54-41-57(48-32-16-17-33-49(48)58(50)54)61(44-26-10-3-11-27-44)45-28-12-4-13-29-45/h1-41H. The summed E-state index contributed by atoms with van der Waals surface area (Å²) in [6.45, 7) is 0. The molecule has 0 N–H and O–H groups in total. The van der Waals surface area contributed by atoms with Crippen LogP contribution >= 0.6 is 0 Å². The van der Waals surface area contributed by atoms with E-state index in [1.165, 1.54) is 55.5 Å². The molecule has 0 saturated carbocycles. The Morgan fingerprint density at radius 1 is 0.306 bits per heavy atom. The van der Waals surface area contributed by atoms with Gasteiger partial charge in [-0.3, -0.25) is 0 Å². The third kappa shape index (κ3) is 5.38. The zero-order chi connectivity index (χ0) is 41.0. The molecule has 0 saturated heterocycles. The average Bonchev–Trinajstić information content (AvgIpc) is 3.63. The Balaban J connectivity index is 1.23. The second-order valence-corrected chi connectivity index (χ2v) is 16.1. The van der Waals surface area contributed by atoms with Crippen LogP contribution in [-0.2, 0) is 5.41 Å². The molecule has 0 unspecified atom stereocenters. The molecule has 0 radical (unpaired) electrons. The lowest BCUT2D eigenvalue weighted by atomic mass is 9.64. The first-order valence-corrected chi connectivity index (χ1v) is 21.4. The zero-order valence-corrected chi connectivity index (χ0v) is 34.0. The molecule has 0 fully saturated rings. The number of hydrogen-bond acceptors (Lipinski definition) is 3. The molecule has 2 aliphatic rings. The molecular formula is C59H41N3. The number of para-hydroxylation sites is 7. The van der Waals surface area contributed by atoms with Crippen LogP contribution in [0.5, 0.6) is 0 Å². The highest BCUT2D eigenvalue weighted by atomic mass is 15.2. The van der Waals surface area contributed by atoms with E-state index in [1.807, 2.05) is 0 Å². The molecule has 0 aromatic heterocycles. The van der Waals surface area contributed by atoms with Gasteiger partial charge in [-0.1, -0.05) is 158 Å². The van der Waals surface area contributed by atoms with Crippen LogP contribution in [0.2, 0.25) is 0 Å². The summed E-state index contributed by atoms with van der Waals surface area (Å²) in [6, 6.07) is 90.9. The van der Waals surface area contributed by atoms with E-state index < -0.39 is 5.41 Å². The summed E-state index contributed by atoms with van der Waals surface area (Å²) in [4.78, 5) is 7.29. The number of rotatable bonds is 7. The lowest BCUT2D eigenvalue weighted by Gasteiger charge is -2.45. The zero-order valence-electron chi connectivity index (χ0n) is 34.0. The fourth-order valence-corrected chi connectivity index (χ4v) is 10.3. The van der Waals surface area contributed by atoms with Crippen molar-refractivity contribution >= 4 is 62.0 Å². The van der Waals surface area contributed by atoms with E-state index in [0.29, 0.717) is 0 Å². The molecular weight excluding hydrogens is 751 g/mol. The summed E-state index contributed by atoms with van der Waals surface area (Å²) in [7, 11) is 0. The number of hydrogen-bond donors (Lipinski definition) is 0. The summed E-state index contributed by atoms with van der Waals surface area (Å²) >= 11 is 0. The number of benzene rings is 10. The van der Waals surface area contributed by atoms with Gasteiger partial charge in [-0.25, -0.2) is 0 Å². The second kappa shape index (κ2) is 14.5. The van der Waals surface area contributed by atoms with Crippen LogP contribution in [0.15, 0.2) is 249 Å². The van der Waals surface area contributed by atoms with E-state index in [4.69, 9.17) is 0 Å². The molecule has 10 aromatic rings. The maximum atomic E-state index is 2.52. The molecule has 292 valence electrons. The fourth-order valence-electron chi connectivity index (χ4n) is 10.3. The molecule has 3 nitrogen and oxygen atoms in total. The maximum Gasteiger partial charge on any atom is 0.0756 e. The minimum absolute atomic E-state index is 0.698. The van der Waals surface area contributed by atoms with Gasteiger partial charge >= 0.3 is 0 Å². The smallest absolute Gasteiger partial charge is 0.0756 e. The minimum Gasteiger partial charge on any atom is -0.310 e. The molecule has 1 heterocycles. The van der Waals surface area contributed by atoms with Gasteiger partial charge in [-0.2, -0.15) is 0 Å². The fraction of sp³-hybridized carbons (Fsp3) is 0.0169. The van der Waals surface area contributed by atoms with Crippen LogP contribution in [0.1, 0.15) is 22.3 Å². The summed E-state index contributed by atoms with van der Waals surface area (Å²) in [5.41, 5.74) is 17.0. The quantitative estimate of drug-likeness (QED) is 0.159. The van der Waals surface area contributed by atoms with E-state index in [0.717, 1.165) is 39.8 Å². The Labute approximate surface area is 362 Å². The van der Waals surface area contributed by atoms with Crippen molar-refractivity contribution in [2.24, 2.45) is 0 Å². The van der Waals surface area contributed by atoms with Gasteiger partial charge in [-0.05, 0) is 130 Å². The van der Waals surface area contributed by atoms with E-state index in [1.54, 1.807) is 0 Å². The van der Waals surface area contributed by atoms with Gasteiger partial charge in [0.2, 0.25) is 0 Å². The van der Waals surface area contributed by atoms with Crippen molar-refractivity contribution in [3.05, 3.63) is 271 Å². The van der Waals surface area contributed by atoms with Crippen LogP contribution in [0.4, 0.5) is 51.2 Å². The van der Waals surface area contributed by atoms with Crippen LogP contribution in [-0.4, -0.2) is 0 Å². The van der Waals surface area contributed by atoms with Gasteiger partial charge < -0.3 is 14.7 Å². The Bertz CT molecular complexity index is 3110. The lowest BCUT2D eigenvalue weighted by molar-refractivity contribution is 0.753.